The number of amides is 1. The molecule has 0 aromatic heterocycles. The van der Waals surface area contributed by atoms with Gasteiger partial charge in [0.2, 0.25) is 5.91 Å². The van der Waals surface area contributed by atoms with Gasteiger partial charge in [0.15, 0.2) is 0 Å². The van der Waals surface area contributed by atoms with Crippen molar-refractivity contribution in [3.63, 3.8) is 0 Å². The van der Waals surface area contributed by atoms with Crippen molar-refractivity contribution in [1.82, 2.24) is 4.90 Å². The molecule has 0 saturated carbocycles. The lowest BCUT2D eigenvalue weighted by Gasteiger charge is -2.36. The molecule has 5 nitrogen and oxygen atoms in total. The first-order valence-corrected chi connectivity index (χ1v) is 7.35. The van der Waals surface area contributed by atoms with Gasteiger partial charge in [0.05, 0.1) is 10.7 Å². The molecule has 20 heavy (non-hydrogen) atoms. The Morgan fingerprint density at radius 3 is 2.70 bits per heavy atom. The highest BCUT2D eigenvalue weighted by atomic mass is 35.5. The van der Waals surface area contributed by atoms with Crippen LogP contribution in [0.5, 0.6) is 0 Å². The van der Waals surface area contributed by atoms with Crippen LogP contribution in [0.15, 0.2) is 12.1 Å². The second-order valence-corrected chi connectivity index (χ2v) is 5.69. The number of benzene rings is 1. The molecule has 1 aromatic rings. The number of anilines is 2. The number of carbonyl (C=O) groups is 1. The lowest BCUT2D eigenvalue weighted by atomic mass is 10.1. The third kappa shape index (κ3) is 2.26. The van der Waals surface area contributed by atoms with E-state index in [9.17, 15) is 4.79 Å². The fourth-order valence-corrected chi connectivity index (χ4v) is 3.13. The van der Waals surface area contributed by atoms with E-state index in [-0.39, 0.29) is 5.91 Å². The molecule has 2 aliphatic rings. The number of rotatable bonds is 2. The smallest absolute Gasteiger partial charge is 0.245 e. The highest BCUT2D eigenvalue weighted by molar-refractivity contribution is 6.33. The Morgan fingerprint density at radius 2 is 2.05 bits per heavy atom. The largest absolute Gasteiger partial charge is 0.368 e. The molecule has 1 aromatic carbocycles. The SMILES string of the molecule is CCN1CCN(c2cc3c(cc2Cl)C(N)C(=O)N3)CC1. The average Bonchev–Trinajstić information content (AvgIpc) is 2.74. The van der Waals surface area contributed by atoms with Gasteiger partial charge in [-0.1, -0.05) is 18.5 Å². The van der Waals surface area contributed by atoms with Crippen LogP contribution in [0, 0.1) is 0 Å². The Bertz CT molecular complexity index is 540. The van der Waals surface area contributed by atoms with Crippen molar-refractivity contribution in [3.05, 3.63) is 22.7 Å². The van der Waals surface area contributed by atoms with E-state index in [2.05, 4.69) is 22.0 Å². The number of hydrogen-bond donors (Lipinski definition) is 2. The molecule has 1 fully saturated rings. The van der Waals surface area contributed by atoms with Crippen LogP contribution in [0.25, 0.3) is 0 Å². The molecule has 3 rings (SSSR count). The molecule has 1 amide bonds. The van der Waals surface area contributed by atoms with Crippen LogP contribution < -0.4 is 16.0 Å². The third-order valence-corrected chi connectivity index (χ3v) is 4.46. The maximum Gasteiger partial charge on any atom is 0.245 e. The lowest BCUT2D eigenvalue weighted by molar-refractivity contribution is -0.116. The number of piperazine rings is 1. The molecular weight excluding hydrogens is 276 g/mol. The lowest BCUT2D eigenvalue weighted by Crippen LogP contribution is -2.46. The molecule has 1 atom stereocenters. The van der Waals surface area contributed by atoms with E-state index in [0.717, 1.165) is 49.7 Å². The second-order valence-electron chi connectivity index (χ2n) is 5.28. The fraction of sp³-hybridized carbons (Fsp3) is 0.500. The third-order valence-electron chi connectivity index (χ3n) is 4.15. The normalized spacial score (nSPS) is 22.9. The first-order chi connectivity index (χ1) is 9.60. The van der Waals surface area contributed by atoms with E-state index in [4.69, 9.17) is 17.3 Å². The first kappa shape index (κ1) is 13.7. The van der Waals surface area contributed by atoms with Gasteiger partial charge in [0.1, 0.15) is 6.04 Å². The van der Waals surface area contributed by atoms with Gasteiger partial charge in [-0.05, 0) is 18.7 Å². The van der Waals surface area contributed by atoms with E-state index in [1.165, 1.54) is 0 Å². The standard InChI is InChI=1S/C14H19ClN4O/c1-2-18-3-5-19(6-4-18)12-8-11-9(7-10(12)15)13(16)14(20)17-11/h7-8,13H,2-6,16H2,1H3,(H,17,20). The summed E-state index contributed by atoms with van der Waals surface area (Å²) in [5.74, 6) is -0.163. The highest BCUT2D eigenvalue weighted by Gasteiger charge is 2.29. The molecule has 2 aliphatic heterocycles. The zero-order valence-corrected chi connectivity index (χ0v) is 12.3. The number of carbonyl (C=O) groups excluding carboxylic acids is 1. The van der Waals surface area contributed by atoms with Crippen molar-refractivity contribution in [2.24, 2.45) is 5.73 Å². The summed E-state index contributed by atoms with van der Waals surface area (Å²) < 4.78 is 0. The van der Waals surface area contributed by atoms with Crippen LogP contribution in [0.4, 0.5) is 11.4 Å². The summed E-state index contributed by atoms with van der Waals surface area (Å²) in [4.78, 5) is 16.3. The molecule has 1 saturated heterocycles. The van der Waals surface area contributed by atoms with E-state index in [1.54, 1.807) is 0 Å². The minimum absolute atomic E-state index is 0.163. The van der Waals surface area contributed by atoms with Crippen molar-refractivity contribution in [1.29, 1.82) is 0 Å². The number of hydrogen-bond acceptors (Lipinski definition) is 4. The van der Waals surface area contributed by atoms with Crippen LogP contribution in [0.1, 0.15) is 18.5 Å². The van der Waals surface area contributed by atoms with Gasteiger partial charge in [0.25, 0.3) is 0 Å². The van der Waals surface area contributed by atoms with Gasteiger partial charge in [-0.2, -0.15) is 0 Å². The topological polar surface area (TPSA) is 61.6 Å². The van der Waals surface area contributed by atoms with E-state index >= 15 is 0 Å². The maximum atomic E-state index is 11.6. The van der Waals surface area contributed by atoms with Crippen molar-refractivity contribution in [3.8, 4) is 0 Å². The Hall–Kier alpha value is -1.30. The molecule has 6 heteroatoms. The zero-order chi connectivity index (χ0) is 14.3. The molecule has 0 spiro atoms. The van der Waals surface area contributed by atoms with Crippen LogP contribution >= 0.6 is 11.6 Å². The monoisotopic (exact) mass is 294 g/mol. The van der Waals surface area contributed by atoms with Crippen molar-refractivity contribution < 1.29 is 4.79 Å². The van der Waals surface area contributed by atoms with Gasteiger partial charge in [-0.3, -0.25) is 4.79 Å². The average molecular weight is 295 g/mol. The molecule has 0 aliphatic carbocycles. The number of nitrogens with one attached hydrogen (secondary N) is 1. The van der Waals surface area contributed by atoms with Crippen LogP contribution in [-0.4, -0.2) is 43.5 Å². The Labute approximate surface area is 123 Å². The fourth-order valence-electron chi connectivity index (χ4n) is 2.84. The molecule has 1 unspecified atom stereocenters. The zero-order valence-electron chi connectivity index (χ0n) is 11.5. The predicted molar refractivity (Wildman–Crippen MR) is 81.3 cm³/mol. The van der Waals surface area contributed by atoms with E-state index in [1.807, 2.05) is 12.1 Å². The molecule has 0 radical (unpaired) electrons. The van der Waals surface area contributed by atoms with E-state index < -0.39 is 6.04 Å². The number of fused-ring (bicyclic) bond motifs is 1. The molecular formula is C14H19ClN4O. The number of nitrogens with zero attached hydrogens (tertiary/aromatic N) is 2. The van der Waals surface area contributed by atoms with Gasteiger partial charge in [-0.15, -0.1) is 0 Å². The summed E-state index contributed by atoms with van der Waals surface area (Å²) in [5, 5.41) is 3.48. The van der Waals surface area contributed by atoms with Crippen LogP contribution in [0.3, 0.4) is 0 Å². The van der Waals surface area contributed by atoms with Gasteiger partial charge in [-0.25, -0.2) is 0 Å². The minimum atomic E-state index is -0.603. The summed E-state index contributed by atoms with van der Waals surface area (Å²) >= 11 is 6.37. The van der Waals surface area contributed by atoms with E-state index in [0.29, 0.717) is 5.02 Å². The summed E-state index contributed by atoms with van der Waals surface area (Å²) in [5.41, 5.74) is 8.39. The van der Waals surface area contributed by atoms with Gasteiger partial charge >= 0.3 is 0 Å². The van der Waals surface area contributed by atoms with Crippen molar-refractivity contribution >= 4 is 28.9 Å². The Balaban J connectivity index is 1.85. The predicted octanol–water partition coefficient (Wildman–Crippen LogP) is 1.43. The van der Waals surface area contributed by atoms with Crippen LogP contribution in [0.2, 0.25) is 5.02 Å². The molecule has 0 bridgehead atoms. The second kappa shape index (κ2) is 5.24. The van der Waals surface area contributed by atoms with Gasteiger partial charge in [0, 0.05) is 37.4 Å². The minimum Gasteiger partial charge on any atom is -0.368 e. The highest BCUT2D eigenvalue weighted by Crippen LogP contribution is 2.38. The first-order valence-electron chi connectivity index (χ1n) is 6.97. The van der Waals surface area contributed by atoms with Gasteiger partial charge < -0.3 is 20.9 Å². The Morgan fingerprint density at radius 1 is 1.35 bits per heavy atom. The molecule has 3 N–H and O–H groups in total. The summed E-state index contributed by atoms with van der Waals surface area (Å²) in [6.45, 7) is 7.23. The Kier molecular flexibility index (Phi) is 3.58. The number of likely N-dealkylation sites (N-methyl/N-ethyl adjacent to an activating group) is 1. The molecule has 2 heterocycles. The summed E-state index contributed by atoms with van der Waals surface area (Å²) in [7, 11) is 0. The van der Waals surface area contributed by atoms with Crippen LogP contribution in [-0.2, 0) is 4.79 Å². The quantitative estimate of drug-likeness (QED) is 0.866. The molecule has 108 valence electrons. The number of halogens is 1. The summed E-state index contributed by atoms with van der Waals surface area (Å²) in [6, 6.07) is 3.17. The van der Waals surface area contributed by atoms with Crippen molar-refractivity contribution in [2.45, 2.75) is 13.0 Å². The van der Waals surface area contributed by atoms with Crippen molar-refractivity contribution in [2.75, 3.05) is 42.9 Å². The summed E-state index contributed by atoms with van der Waals surface area (Å²) in [6.07, 6.45) is 0. The maximum absolute atomic E-state index is 11.6. The number of nitrogens with two attached hydrogens (primary N) is 1.